The number of ether oxygens (including phenoxy) is 1. The summed E-state index contributed by atoms with van der Waals surface area (Å²) < 4.78 is 5.98. The lowest BCUT2D eigenvalue weighted by molar-refractivity contribution is -0.0201. The first-order chi connectivity index (χ1) is 9.24. The van der Waals surface area contributed by atoms with Crippen molar-refractivity contribution in [1.82, 2.24) is 0 Å². The number of nitriles is 1. The fraction of sp³-hybridized carbons (Fsp3) is 0.562. The third-order valence-corrected chi connectivity index (χ3v) is 4.42. The molecule has 0 aromatic heterocycles. The van der Waals surface area contributed by atoms with Crippen molar-refractivity contribution in [2.45, 2.75) is 45.3 Å². The number of rotatable bonds is 4. The molecule has 0 amide bonds. The average molecular weight is 278 g/mol. The highest BCUT2D eigenvalue weighted by Gasteiger charge is 2.30. The second kappa shape index (κ2) is 6.93. The Morgan fingerprint density at radius 3 is 2.84 bits per heavy atom. The van der Waals surface area contributed by atoms with Crippen LogP contribution in [-0.4, -0.2) is 6.10 Å². The first-order valence-corrected chi connectivity index (χ1v) is 7.37. The fourth-order valence-electron chi connectivity index (χ4n) is 2.73. The van der Waals surface area contributed by atoms with Gasteiger partial charge in [0.25, 0.3) is 0 Å². The Hall–Kier alpha value is -1.04. The molecule has 1 aliphatic carbocycles. The van der Waals surface area contributed by atoms with Gasteiger partial charge in [-0.1, -0.05) is 43.1 Å². The van der Waals surface area contributed by atoms with Crippen LogP contribution in [0.15, 0.2) is 24.3 Å². The molecule has 2 nitrogen and oxygen atoms in total. The maximum atomic E-state index is 9.22. The molecule has 1 fully saturated rings. The van der Waals surface area contributed by atoms with E-state index < -0.39 is 0 Å². The minimum atomic E-state index is 0.0327. The molecule has 0 N–H and O–H groups in total. The lowest BCUT2D eigenvalue weighted by atomic mass is 9.79. The van der Waals surface area contributed by atoms with Crippen LogP contribution in [0.4, 0.5) is 0 Å². The van der Waals surface area contributed by atoms with E-state index in [1.54, 1.807) is 0 Å². The van der Waals surface area contributed by atoms with E-state index in [9.17, 15) is 5.26 Å². The van der Waals surface area contributed by atoms with Crippen molar-refractivity contribution in [2.75, 3.05) is 0 Å². The molecule has 1 aliphatic rings. The molecule has 0 bridgehead atoms. The molecule has 0 aliphatic heterocycles. The highest BCUT2D eigenvalue weighted by molar-refractivity contribution is 6.31. The molecule has 0 radical (unpaired) electrons. The number of hydrogen-bond acceptors (Lipinski definition) is 2. The minimum Gasteiger partial charge on any atom is -0.372 e. The molecule has 19 heavy (non-hydrogen) atoms. The van der Waals surface area contributed by atoms with Gasteiger partial charge < -0.3 is 4.74 Å². The zero-order valence-corrected chi connectivity index (χ0v) is 12.1. The van der Waals surface area contributed by atoms with Gasteiger partial charge in [-0.3, -0.25) is 0 Å². The standard InChI is InChI=1S/C16H20ClNO/c1-2-12-7-8-13(10-18)16(9-12)19-11-14-5-3-4-6-15(14)17/h3-6,12-13,16H,2,7-9,11H2,1H3. The highest BCUT2D eigenvalue weighted by atomic mass is 35.5. The molecular weight excluding hydrogens is 258 g/mol. The maximum Gasteiger partial charge on any atom is 0.0740 e. The van der Waals surface area contributed by atoms with Crippen molar-refractivity contribution in [3.8, 4) is 6.07 Å². The summed E-state index contributed by atoms with van der Waals surface area (Å²) in [5, 5.41) is 9.95. The van der Waals surface area contributed by atoms with Crippen molar-refractivity contribution in [3.05, 3.63) is 34.9 Å². The Morgan fingerprint density at radius 1 is 1.37 bits per heavy atom. The zero-order valence-electron chi connectivity index (χ0n) is 11.3. The largest absolute Gasteiger partial charge is 0.372 e. The predicted molar refractivity (Wildman–Crippen MR) is 76.8 cm³/mol. The molecule has 3 unspecified atom stereocenters. The molecule has 102 valence electrons. The van der Waals surface area contributed by atoms with Crippen molar-refractivity contribution in [3.63, 3.8) is 0 Å². The van der Waals surface area contributed by atoms with Gasteiger partial charge in [0.15, 0.2) is 0 Å². The third-order valence-electron chi connectivity index (χ3n) is 4.05. The van der Waals surface area contributed by atoms with Crippen LogP contribution in [0.1, 0.15) is 38.2 Å². The summed E-state index contributed by atoms with van der Waals surface area (Å²) in [6, 6.07) is 10.1. The van der Waals surface area contributed by atoms with Crippen molar-refractivity contribution in [2.24, 2.45) is 11.8 Å². The van der Waals surface area contributed by atoms with Crippen LogP contribution < -0.4 is 0 Å². The van der Waals surface area contributed by atoms with E-state index in [4.69, 9.17) is 16.3 Å². The average Bonchev–Trinajstić information content (AvgIpc) is 2.46. The molecule has 0 saturated heterocycles. The van der Waals surface area contributed by atoms with Gasteiger partial charge in [-0.25, -0.2) is 0 Å². The molecular formula is C16H20ClNO. The number of hydrogen-bond donors (Lipinski definition) is 0. The van der Waals surface area contributed by atoms with Crippen molar-refractivity contribution >= 4 is 11.6 Å². The van der Waals surface area contributed by atoms with E-state index in [-0.39, 0.29) is 12.0 Å². The molecule has 0 heterocycles. The van der Waals surface area contributed by atoms with E-state index in [0.29, 0.717) is 12.5 Å². The topological polar surface area (TPSA) is 33.0 Å². The van der Waals surface area contributed by atoms with E-state index in [1.165, 1.54) is 6.42 Å². The van der Waals surface area contributed by atoms with Gasteiger partial charge in [0.2, 0.25) is 0 Å². The SMILES string of the molecule is CCC1CCC(C#N)C(OCc2ccccc2Cl)C1. The first kappa shape index (κ1) is 14.4. The van der Waals surface area contributed by atoms with Gasteiger partial charge in [0.1, 0.15) is 0 Å². The minimum absolute atomic E-state index is 0.0327. The highest BCUT2D eigenvalue weighted by Crippen LogP contribution is 2.33. The Morgan fingerprint density at radius 2 is 2.16 bits per heavy atom. The normalized spacial score (nSPS) is 26.9. The van der Waals surface area contributed by atoms with E-state index in [1.807, 2.05) is 24.3 Å². The summed E-state index contributed by atoms with van der Waals surface area (Å²) in [5.74, 6) is 0.728. The molecule has 0 spiro atoms. The summed E-state index contributed by atoms with van der Waals surface area (Å²) in [4.78, 5) is 0. The molecule has 3 atom stereocenters. The van der Waals surface area contributed by atoms with Gasteiger partial charge in [0.05, 0.1) is 24.7 Å². The molecule has 1 aromatic carbocycles. The van der Waals surface area contributed by atoms with Crippen molar-refractivity contribution < 1.29 is 4.74 Å². The van der Waals surface area contributed by atoms with Crippen LogP contribution in [0.25, 0.3) is 0 Å². The predicted octanol–water partition coefficient (Wildman–Crippen LogP) is 4.58. The van der Waals surface area contributed by atoms with Gasteiger partial charge in [-0.05, 0) is 36.8 Å². The summed E-state index contributed by atoms with van der Waals surface area (Å²) in [6.07, 6.45) is 4.34. The molecule has 1 aromatic rings. The Labute approximate surface area is 120 Å². The van der Waals surface area contributed by atoms with E-state index >= 15 is 0 Å². The first-order valence-electron chi connectivity index (χ1n) is 6.99. The number of benzene rings is 1. The summed E-state index contributed by atoms with van der Waals surface area (Å²) in [7, 11) is 0. The van der Waals surface area contributed by atoms with E-state index in [2.05, 4.69) is 13.0 Å². The lowest BCUT2D eigenvalue weighted by Crippen LogP contribution is -2.30. The summed E-state index contributed by atoms with van der Waals surface area (Å²) in [6.45, 7) is 2.71. The van der Waals surface area contributed by atoms with Gasteiger partial charge in [-0.15, -0.1) is 0 Å². The van der Waals surface area contributed by atoms with Crippen LogP contribution in [-0.2, 0) is 11.3 Å². The van der Waals surface area contributed by atoms with Crippen LogP contribution in [0.3, 0.4) is 0 Å². The van der Waals surface area contributed by atoms with Crippen LogP contribution in [0.2, 0.25) is 5.02 Å². The zero-order chi connectivity index (χ0) is 13.7. The maximum absolute atomic E-state index is 9.22. The quantitative estimate of drug-likeness (QED) is 0.807. The molecule has 1 saturated carbocycles. The smallest absolute Gasteiger partial charge is 0.0740 e. The second-order valence-electron chi connectivity index (χ2n) is 5.26. The summed E-state index contributed by atoms with van der Waals surface area (Å²) in [5.41, 5.74) is 1.000. The molecule has 3 heteroatoms. The number of nitrogens with zero attached hydrogens (tertiary/aromatic N) is 1. The number of halogens is 1. The van der Waals surface area contributed by atoms with Gasteiger partial charge >= 0.3 is 0 Å². The fourth-order valence-corrected chi connectivity index (χ4v) is 2.92. The van der Waals surface area contributed by atoms with Crippen LogP contribution in [0, 0.1) is 23.2 Å². The summed E-state index contributed by atoms with van der Waals surface area (Å²) >= 11 is 6.12. The lowest BCUT2D eigenvalue weighted by Gasteiger charge is -2.32. The molecule has 2 rings (SSSR count). The third kappa shape index (κ3) is 3.72. The van der Waals surface area contributed by atoms with Crippen LogP contribution >= 0.6 is 11.6 Å². The monoisotopic (exact) mass is 277 g/mol. The Kier molecular flexibility index (Phi) is 5.24. The van der Waals surface area contributed by atoms with Gasteiger partial charge in [-0.2, -0.15) is 5.26 Å². The Bertz CT molecular complexity index is 454. The van der Waals surface area contributed by atoms with E-state index in [0.717, 1.165) is 29.8 Å². The second-order valence-corrected chi connectivity index (χ2v) is 5.67. The van der Waals surface area contributed by atoms with Gasteiger partial charge in [0, 0.05) is 5.02 Å². The van der Waals surface area contributed by atoms with Crippen LogP contribution in [0.5, 0.6) is 0 Å². The Balaban J connectivity index is 1.96. The van der Waals surface area contributed by atoms with Crippen molar-refractivity contribution in [1.29, 1.82) is 5.26 Å².